The highest BCUT2D eigenvalue weighted by molar-refractivity contribution is 6.34. The minimum atomic E-state index is -0.223. The minimum absolute atomic E-state index is 0.0419. The number of carbonyl (C=O) groups excluding carboxylic acids is 1. The van der Waals surface area contributed by atoms with Gasteiger partial charge in [-0.2, -0.15) is 0 Å². The van der Waals surface area contributed by atoms with Crippen LogP contribution in [0.1, 0.15) is 17.2 Å². The van der Waals surface area contributed by atoms with Crippen LogP contribution in [0.5, 0.6) is 5.75 Å². The Balaban J connectivity index is 1.70. The standard InChI is InChI=1S/C23H20Cl2N2O2/c24-18-8-6-17(7-9-18)22-14-26(13-16-4-2-1-3-5-16)15-23(29)27(22)21-11-10-19(28)12-20(21)25/h1-12,22,28H,13-15H2. The predicted molar refractivity (Wildman–Crippen MR) is 117 cm³/mol. The second kappa shape index (κ2) is 8.46. The molecule has 0 saturated carbocycles. The van der Waals surface area contributed by atoms with Crippen molar-refractivity contribution in [1.29, 1.82) is 0 Å². The van der Waals surface area contributed by atoms with Crippen molar-refractivity contribution >= 4 is 34.8 Å². The molecule has 1 saturated heterocycles. The smallest absolute Gasteiger partial charge is 0.241 e. The molecule has 0 spiro atoms. The number of benzene rings is 3. The SMILES string of the molecule is O=C1CN(Cc2ccccc2)CC(c2ccc(Cl)cc2)N1c1ccc(O)cc1Cl. The molecule has 1 N–H and O–H groups in total. The number of anilines is 1. The first kappa shape index (κ1) is 19.8. The van der Waals surface area contributed by atoms with Gasteiger partial charge in [-0.25, -0.2) is 0 Å². The Labute approximate surface area is 179 Å². The van der Waals surface area contributed by atoms with E-state index < -0.39 is 0 Å². The average molecular weight is 427 g/mol. The van der Waals surface area contributed by atoms with Crippen LogP contribution in [0, 0.1) is 0 Å². The summed E-state index contributed by atoms with van der Waals surface area (Å²) in [6.45, 7) is 1.63. The molecule has 4 rings (SSSR count). The molecule has 4 nitrogen and oxygen atoms in total. The zero-order valence-corrected chi connectivity index (χ0v) is 17.1. The number of piperazine rings is 1. The van der Waals surface area contributed by atoms with Crippen LogP contribution in [0.4, 0.5) is 5.69 Å². The van der Waals surface area contributed by atoms with E-state index in [1.165, 1.54) is 6.07 Å². The lowest BCUT2D eigenvalue weighted by atomic mass is 10.0. The Morgan fingerprint density at radius 2 is 1.69 bits per heavy atom. The number of hydrogen-bond acceptors (Lipinski definition) is 3. The van der Waals surface area contributed by atoms with E-state index in [-0.39, 0.29) is 24.2 Å². The zero-order valence-electron chi connectivity index (χ0n) is 15.6. The number of rotatable bonds is 4. The van der Waals surface area contributed by atoms with Crippen molar-refractivity contribution in [3.8, 4) is 5.75 Å². The lowest BCUT2D eigenvalue weighted by Gasteiger charge is -2.41. The lowest BCUT2D eigenvalue weighted by molar-refractivity contribution is -0.122. The van der Waals surface area contributed by atoms with E-state index in [2.05, 4.69) is 17.0 Å². The van der Waals surface area contributed by atoms with E-state index in [9.17, 15) is 9.90 Å². The molecule has 0 bridgehead atoms. The van der Waals surface area contributed by atoms with Gasteiger partial charge in [-0.15, -0.1) is 0 Å². The number of phenolic OH excluding ortho intramolecular Hbond substituents is 1. The van der Waals surface area contributed by atoms with Crippen LogP contribution in [-0.4, -0.2) is 29.0 Å². The summed E-state index contributed by atoms with van der Waals surface area (Å²) < 4.78 is 0. The van der Waals surface area contributed by atoms with Gasteiger partial charge in [-0.1, -0.05) is 65.7 Å². The molecule has 1 atom stereocenters. The van der Waals surface area contributed by atoms with Crippen LogP contribution in [-0.2, 0) is 11.3 Å². The first-order valence-electron chi connectivity index (χ1n) is 9.33. The molecule has 0 aromatic heterocycles. The number of phenols is 1. The van der Waals surface area contributed by atoms with Gasteiger partial charge in [0.05, 0.1) is 23.3 Å². The summed E-state index contributed by atoms with van der Waals surface area (Å²) >= 11 is 12.5. The van der Waals surface area contributed by atoms with Gasteiger partial charge in [0.2, 0.25) is 5.91 Å². The van der Waals surface area contributed by atoms with Crippen molar-refractivity contribution in [3.63, 3.8) is 0 Å². The van der Waals surface area contributed by atoms with Gasteiger partial charge in [0, 0.05) is 24.2 Å². The summed E-state index contributed by atoms with van der Waals surface area (Å²) in [6, 6.07) is 22.1. The number of nitrogens with zero attached hydrogens (tertiary/aromatic N) is 2. The van der Waals surface area contributed by atoms with Gasteiger partial charge < -0.3 is 10.0 Å². The molecule has 1 unspecified atom stereocenters. The molecule has 0 radical (unpaired) electrons. The molecule has 3 aromatic carbocycles. The molecule has 0 aliphatic carbocycles. The lowest BCUT2D eigenvalue weighted by Crippen LogP contribution is -2.52. The van der Waals surface area contributed by atoms with E-state index >= 15 is 0 Å². The second-order valence-corrected chi connectivity index (χ2v) is 7.97. The maximum absolute atomic E-state index is 13.2. The monoisotopic (exact) mass is 426 g/mol. The largest absolute Gasteiger partial charge is 0.508 e. The van der Waals surface area contributed by atoms with Crippen LogP contribution in [0.3, 0.4) is 0 Å². The molecule has 29 heavy (non-hydrogen) atoms. The molecular formula is C23H20Cl2N2O2. The summed E-state index contributed by atoms with van der Waals surface area (Å²) in [7, 11) is 0. The van der Waals surface area contributed by atoms with Crippen LogP contribution in [0.15, 0.2) is 72.8 Å². The fraction of sp³-hybridized carbons (Fsp3) is 0.174. The Bertz CT molecular complexity index is 1010. The van der Waals surface area contributed by atoms with E-state index in [0.29, 0.717) is 28.8 Å². The fourth-order valence-corrected chi connectivity index (χ4v) is 4.12. The van der Waals surface area contributed by atoms with Crippen LogP contribution in [0.2, 0.25) is 10.0 Å². The molecule has 1 heterocycles. The molecule has 3 aromatic rings. The third kappa shape index (κ3) is 4.40. The van der Waals surface area contributed by atoms with Gasteiger partial charge in [0.1, 0.15) is 5.75 Å². The van der Waals surface area contributed by atoms with Gasteiger partial charge in [-0.05, 0) is 35.4 Å². The summed E-state index contributed by atoms with van der Waals surface area (Å²) in [6.07, 6.45) is 0. The van der Waals surface area contributed by atoms with Crippen molar-refractivity contribution < 1.29 is 9.90 Å². The van der Waals surface area contributed by atoms with Gasteiger partial charge in [0.15, 0.2) is 0 Å². The number of hydrogen-bond donors (Lipinski definition) is 1. The van der Waals surface area contributed by atoms with E-state index in [0.717, 1.165) is 11.1 Å². The van der Waals surface area contributed by atoms with Crippen molar-refractivity contribution in [2.45, 2.75) is 12.6 Å². The highest BCUT2D eigenvalue weighted by Crippen LogP contribution is 2.37. The summed E-state index contributed by atoms with van der Waals surface area (Å²) in [4.78, 5) is 17.1. The molecule has 148 valence electrons. The van der Waals surface area contributed by atoms with E-state index in [4.69, 9.17) is 23.2 Å². The van der Waals surface area contributed by atoms with E-state index in [1.54, 1.807) is 17.0 Å². The second-order valence-electron chi connectivity index (χ2n) is 7.12. The highest BCUT2D eigenvalue weighted by Gasteiger charge is 2.35. The summed E-state index contributed by atoms with van der Waals surface area (Å²) in [5, 5.41) is 10.7. The first-order chi connectivity index (χ1) is 14.0. The molecule has 1 aliphatic rings. The Hall–Kier alpha value is -2.53. The summed E-state index contributed by atoms with van der Waals surface area (Å²) in [5.41, 5.74) is 2.73. The van der Waals surface area contributed by atoms with Crippen LogP contribution < -0.4 is 4.90 Å². The predicted octanol–water partition coefficient (Wildman–Crippen LogP) is 5.29. The number of aromatic hydroxyl groups is 1. The van der Waals surface area contributed by atoms with E-state index in [1.807, 2.05) is 42.5 Å². The van der Waals surface area contributed by atoms with Crippen molar-refractivity contribution in [2.75, 3.05) is 18.0 Å². The Kier molecular flexibility index (Phi) is 5.76. The van der Waals surface area contributed by atoms with Gasteiger partial charge in [0.25, 0.3) is 0 Å². The number of halogens is 2. The maximum atomic E-state index is 13.2. The quantitative estimate of drug-likeness (QED) is 0.616. The van der Waals surface area contributed by atoms with Crippen molar-refractivity contribution in [3.05, 3.63) is 94.0 Å². The molecule has 1 amide bonds. The van der Waals surface area contributed by atoms with Gasteiger partial charge >= 0.3 is 0 Å². The topological polar surface area (TPSA) is 43.8 Å². The van der Waals surface area contributed by atoms with Crippen LogP contribution in [0.25, 0.3) is 0 Å². The Morgan fingerprint density at radius 3 is 2.38 bits per heavy atom. The number of amides is 1. The van der Waals surface area contributed by atoms with Crippen molar-refractivity contribution in [2.24, 2.45) is 0 Å². The third-order valence-corrected chi connectivity index (χ3v) is 5.62. The fourth-order valence-electron chi connectivity index (χ4n) is 3.73. The molecule has 1 fully saturated rings. The molecular weight excluding hydrogens is 407 g/mol. The third-order valence-electron chi connectivity index (χ3n) is 5.06. The summed E-state index contributed by atoms with van der Waals surface area (Å²) in [5.74, 6) is 0.0247. The normalized spacial score (nSPS) is 17.5. The maximum Gasteiger partial charge on any atom is 0.241 e. The molecule has 1 aliphatic heterocycles. The van der Waals surface area contributed by atoms with Crippen molar-refractivity contribution in [1.82, 2.24) is 4.90 Å². The van der Waals surface area contributed by atoms with Crippen LogP contribution >= 0.6 is 23.2 Å². The highest BCUT2D eigenvalue weighted by atomic mass is 35.5. The first-order valence-corrected chi connectivity index (χ1v) is 10.1. The Morgan fingerprint density at radius 1 is 0.966 bits per heavy atom. The number of carbonyl (C=O) groups is 1. The van der Waals surface area contributed by atoms with Gasteiger partial charge in [-0.3, -0.25) is 9.69 Å². The minimum Gasteiger partial charge on any atom is -0.508 e. The molecule has 6 heteroatoms. The average Bonchev–Trinajstić information content (AvgIpc) is 2.70. The zero-order chi connectivity index (χ0) is 20.4.